The van der Waals surface area contributed by atoms with Crippen LogP contribution in [-0.4, -0.2) is 32.6 Å². The highest BCUT2D eigenvalue weighted by Gasteiger charge is 2.35. The molecule has 8 heteroatoms. The van der Waals surface area contributed by atoms with Crippen molar-refractivity contribution >= 4 is 46.9 Å². The molecule has 2 amide bonds. The third-order valence-corrected chi connectivity index (χ3v) is 7.20. The summed E-state index contributed by atoms with van der Waals surface area (Å²) in [5.74, 6) is -2.43. The summed E-state index contributed by atoms with van der Waals surface area (Å²) in [5.41, 5.74) is 5.17. The number of carboxylic acid groups (broad SMARTS) is 1. The number of hydrogen-bond donors (Lipinski definition) is 2. The minimum absolute atomic E-state index is 0.00988. The fourth-order valence-electron chi connectivity index (χ4n) is 5.02. The van der Waals surface area contributed by atoms with Gasteiger partial charge in [-0.2, -0.15) is 0 Å². The van der Waals surface area contributed by atoms with Crippen molar-refractivity contribution in [1.29, 1.82) is 0 Å². The normalized spacial score (nSPS) is 14.2. The number of anilines is 1. The lowest BCUT2D eigenvalue weighted by Crippen LogP contribution is -2.54. The standard InChI is InChI=1S/C34H23N3O4S/c38-31-28(32(39)37(34(42)35-31)27-18-10-15-24(19-27)33(40)41)20-25-21-29(22-11-4-1-5-12-22)36(26-16-8-3-9-17-26)30(25)23-13-6-2-7-14-23/h1-21H,(H,40,41)(H,35,38,42). The molecule has 1 fully saturated rings. The predicted octanol–water partition coefficient (Wildman–Crippen LogP) is 6.34. The Morgan fingerprint density at radius 3 is 1.98 bits per heavy atom. The van der Waals surface area contributed by atoms with E-state index >= 15 is 0 Å². The number of carbonyl (C=O) groups is 3. The predicted molar refractivity (Wildman–Crippen MR) is 166 cm³/mol. The van der Waals surface area contributed by atoms with Crippen LogP contribution in [0.5, 0.6) is 0 Å². The van der Waals surface area contributed by atoms with Gasteiger partial charge in [0.2, 0.25) is 0 Å². The van der Waals surface area contributed by atoms with E-state index in [1.807, 2.05) is 97.1 Å². The van der Waals surface area contributed by atoms with Gasteiger partial charge in [0.1, 0.15) is 5.57 Å². The largest absolute Gasteiger partial charge is 0.478 e. The zero-order valence-electron chi connectivity index (χ0n) is 22.1. The Morgan fingerprint density at radius 1 is 0.738 bits per heavy atom. The summed E-state index contributed by atoms with van der Waals surface area (Å²) in [4.78, 5) is 39.8. The number of nitrogens with one attached hydrogen (secondary N) is 1. The third kappa shape index (κ3) is 4.91. The summed E-state index contributed by atoms with van der Waals surface area (Å²) < 4.78 is 2.11. The van der Waals surface area contributed by atoms with Gasteiger partial charge in [0.25, 0.3) is 11.8 Å². The van der Waals surface area contributed by atoms with Gasteiger partial charge >= 0.3 is 5.97 Å². The fourth-order valence-corrected chi connectivity index (χ4v) is 5.30. The van der Waals surface area contributed by atoms with E-state index in [0.29, 0.717) is 5.56 Å². The van der Waals surface area contributed by atoms with Crippen LogP contribution >= 0.6 is 12.2 Å². The number of aromatic carboxylic acids is 1. The summed E-state index contributed by atoms with van der Waals surface area (Å²) in [6.07, 6.45) is 1.57. The summed E-state index contributed by atoms with van der Waals surface area (Å²) in [7, 11) is 0. The summed E-state index contributed by atoms with van der Waals surface area (Å²) in [6, 6.07) is 37.3. The van der Waals surface area contributed by atoms with Gasteiger partial charge < -0.3 is 9.67 Å². The Hall–Kier alpha value is -5.60. The third-order valence-electron chi connectivity index (χ3n) is 6.91. The van der Waals surface area contributed by atoms with E-state index < -0.39 is 17.8 Å². The Balaban J connectivity index is 1.57. The zero-order valence-corrected chi connectivity index (χ0v) is 22.9. The number of hydrogen-bond acceptors (Lipinski definition) is 4. The molecular weight excluding hydrogens is 546 g/mol. The molecule has 1 aromatic heterocycles. The lowest BCUT2D eigenvalue weighted by Gasteiger charge is -2.29. The van der Waals surface area contributed by atoms with Crippen molar-refractivity contribution in [3.05, 3.63) is 138 Å². The van der Waals surface area contributed by atoms with E-state index in [0.717, 1.165) is 33.1 Å². The number of para-hydroxylation sites is 1. The number of nitrogens with zero attached hydrogens (tertiary/aromatic N) is 2. The van der Waals surface area contributed by atoms with E-state index in [4.69, 9.17) is 12.2 Å². The molecule has 1 aliphatic heterocycles. The number of benzene rings is 4. The second-order valence-corrected chi connectivity index (χ2v) is 9.94. The maximum Gasteiger partial charge on any atom is 0.335 e. The van der Waals surface area contributed by atoms with E-state index in [9.17, 15) is 19.5 Å². The van der Waals surface area contributed by atoms with Gasteiger partial charge in [-0.05, 0) is 65.8 Å². The molecular formula is C34H23N3O4S. The topological polar surface area (TPSA) is 91.6 Å². The molecule has 1 aliphatic rings. The van der Waals surface area contributed by atoms with Crippen LogP contribution in [0.2, 0.25) is 0 Å². The maximum absolute atomic E-state index is 13.9. The van der Waals surface area contributed by atoms with Crippen molar-refractivity contribution in [2.45, 2.75) is 0 Å². The first-order valence-electron chi connectivity index (χ1n) is 13.1. The van der Waals surface area contributed by atoms with Crippen LogP contribution in [0, 0.1) is 0 Å². The van der Waals surface area contributed by atoms with Crippen LogP contribution in [0.15, 0.2) is 127 Å². The SMILES string of the molecule is O=C1NC(=S)N(c2cccc(C(=O)O)c2)C(=O)C1=Cc1cc(-c2ccccc2)n(-c2ccccc2)c1-c1ccccc1. The van der Waals surface area contributed by atoms with Crippen molar-refractivity contribution < 1.29 is 19.5 Å². The Bertz CT molecular complexity index is 1880. The van der Waals surface area contributed by atoms with E-state index in [1.54, 1.807) is 12.1 Å². The maximum atomic E-state index is 13.9. The van der Waals surface area contributed by atoms with Gasteiger partial charge in [-0.1, -0.05) is 84.9 Å². The van der Waals surface area contributed by atoms with Crippen LogP contribution < -0.4 is 10.2 Å². The number of amides is 2. The smallest absolute Gasteiger partial charge is 0.335 e. The Kier molecular flexibility index (Phi) is 7.04. The minimum atomic E-state index is -1.14. The molecule has 0 aliphatic carbocycles. The van der Waals surface area contributed by atoms with Gasteiger partial charge in [0.15, 0.2) is 5.11 Å². The van der Waals surface area contributed by atoms with Crippen LogP contribution in [0.25, 0.3) is 34.3 Å². The lowest BCUT2D eigenvalue weighted by atomic mass is 10.0. The molecule has 0 unspecified atom stereocenters. The molecule has 4 aromatic carbocycles. The van der Waals surface area contributed by atoms with Crippen LogP contribution in [0.3, 0.4) is 0 Å². The zero-order chi connectivity index (χ0) is 29.2. The number of carbonyl (C=O) groups excluding carboxylic acids is 2. The molecule has 2 N–H and O–H groups in total. The first-order chi connectivity index (χ1) is 20.4. The van der Waals surface area contributed by atoms with Gasteiger partial charge in [-0.25, -0.2) is 4.79 Å². The number of aromatic nitrogens is 1. The van der Waals surface area contributed by atoms with Crippen molar-refractivity contribution in [3.8, 4) is 28.2 Å². The van der Waals surface area contributed by atoms with E-state index in [2.05, 4.69) is 9.88 Å². The van der Waals surface area contributed by atoms with Gasteiger partial charge in [0, 0.05) is 11.3 Å². The number of thiocarbonyl (C=S) groups is 1. The van der Waals surface area contributed by atoms with Crippen molar-refractivity contribution in [2.75, 3.05) is 4.90 Å². The fraction of sp³-hybridized carbons (Fsp3) is 0. The van der Waals surface area contributed by atoms with Crippen LogP contribution in [-0.2, 0) is 9.59 Å². The highest BCUT2D eigenvalue weighted by atomic mass is 32.1. The van der Waals surface area contributed by atoms with Crippen molar-refractivity contribution in [1.82, 2.24) is 9.88 Å². The summed E-state index contributed by atoms with van der Waals surface area (Å²) in [5, 5.41) is 11.9. The highest BCUT2D eigenvalue weighted by Crippen LogP contribution is 2.37. The second kappa shape index (κ2) is 11.1. The molecule has 7 nitrogen and oxygen atoms in total. The molecule has 1 saturated heterocycles. The molecule has 0 spiro atoms. The second-order valence-electron chi connectivity index (χ2n) is 9.55. The van der Waals surface area contributed by atoms with E-state index in [1.165, 1.54) is 18.2 Å². The molecule has 0 atom stereocenters. The summed E-state index contributed by atoms with van der Waals surface area (Å²) in [6.45, 7) is 0. The Labute approximate surface area is 247 Å². The molecule has 2 heterocycles. The van der Waals surface area contributed by atoms with Crippen molar-refractivity contribution in [2.24, 2.45) is 0 Å². The lowest BCUT2D eigenvalue weighted by molar-refractivity contribution is -0.122. The highest BCUT2D eigenvalue weighted by molar-refractivity contribution is 7.80. The molecule has 42 heavy (non-hydrogen) atoms. The van der Waals surface area contributed by atoms with Crippen LogP contribution in [0.4, 0.5) is 5.69 Å². The van der Waals surface area contributed by atoms with Crippen LogP contribution in [0.1, 0.15) is 15.9 Å². The molecule has 0 saturated carbocycles. The summed E-state index contributed by atoms with van der Waals surface area (Å²) >= 11 is 5.34. The average Bonchev–Trinajstić information content (AvgIpc) is 3.40. The van der Waals surface area contributed by atoms with Gasteiger partial charge in [-0.15, -0.1) is 0 Å². The molecule has 0 bridgehead atoms. The first-order valence-corrected chi connectivity index (χ1v) is 13.5. The average molecular weight is 570 g/mol. The molecule has 6 rings (SSSR count). The quantitative estimate of drug-likeness (QED) is 0.141. The van der Waals surface area contributed by atoms with Gasteiger partial charge in [-0.3, -0.25) is 19.8 Å². The number of carboxylic acids is 1. The minimum Gasteiger partial charge on any atom is -0.478 e. The molecule has 5 aromatic rings. The number of rotatable bonds is 6. The Morgan fingerprint density at radius 2 is 1.33 bits per heavy atom. The van der Waals surface area contributed by atoms with Gasteiger partial charge in [0.05, 0.1) is 22.6 Å². The molecule has 0 radical (unpaired) electrons. The van der Waals surface area contributed by atoms with E-state index in [-0.39, 0.29) is 21.9 Å². The molecule has 204 valence electrons. The van der Waals surface area contributed by atoms with Crippen molar-refractivity contribution in [3.63, 3.8) is 0 Å². The monoisotopic (exact) mass is 569 g/mol. The first kappa shape index (κ1) is 26.6.